The molecule has 0 aromatic carbocycles. The molecule has 78 valence electrons. The molecule has 0 unspecified atom stereocenters. The lowest BCUT2D eigenvalue weighted by Gasteiger charge is -2.51. The van der Waals surface area contributed by atoms with Gasteiger partial charge in [-0.05, 0) is 31.8 Å². The van der Waals surface area contributed by atoms with E-state index in [1.807, 2.05) is 11.9 Å². The van der Waals surface area contributed by atoms with Crippen LogP contribution in [0.4, 0.5) is 4.79 Å². The highest BCUT2D eigenvalue weighted by molar-refractivity contribution is 5.77. The van der Waals surface area contributed by atoms with Gasteiger partial charge in [-0.15, -0.1) is 0 Å². The molecule has 0 aromatic heterocycles. The minimum absolute atomic E-state index is 0.0856. The summed E-state index contributed by atoms with van der Waals surface area (Å²) in [6.07, 6.45) is 2.52. The lowest BCUT2D eigenvalue weighted by molar-refractivity contribution is 0.0213. The molecule has 0 aromatic rings. The molecule has 1 atom stereocenters. The van der Waals surface area contributed by atoms with Gasteiger partial charge in [-0.1, -0.05) is 0 Å². The van der Waals surface area contributed by atoms with Crippen molar-refractivity contribution in [3.05, 3.63) is 0 Å². The summed E-state index contributed by atoms with van der Waals surface area (Å²) < 4.78 is 0. The number of carbonyl (C=O) groups excluding carboxylic acids is 1. The molecule has 4 heteroatoms. The Hall–Kier alpha value is -0.770. The fourth-order valence-corrected chi connectivity index (χ4v) is 3.34. The highest BCUT2D eigenvalue weighted by atomic mass is 16.2. The van der Waals surface area contributed by atoms with E-state index in [9.17, 15) is 4.79 Å². The van der Waals surface area contributed by atoms with Crippen LogP contribution in [-0.4, -0.2) is 54.6 Å². The van der Waals surface area contributed by atoms with Crippen LogP contribution in [0.1, 0.15) is 12.8 Å². The van der Waals surface area contributed by atoms with Crippen molar-refractivity contribution in [2.24, 2.45) is 5.92 Å². The van der Waals surface area contributed by atoms with Gasteiger partial charge in [-0.25, -0.2) is 4.79 Å². The molecule has 4 aliphatic rings. The van der Waals surface area contributed by atoms with Crippen molar-refractivity contribution in [2.75, 3.05) is 33.2 Å². The first-order valence-electron chi connectivity index (χ1n) is 5.45. The van der Waals surface area contributed by atoms with Crippen LogP contribution in [-0.2, 0) is 0 Å². The molecule has 1 N–H and O–H groups in total. The molecule has 0 aliphatic carbocycles. The summed E-state index contributed by atoms with van der Waals surface area (Å²) in [5.74, 6) is 0.710. The van der Waals surface area contributed by atoms with Crippen LogP contribution in [0.5, 0.6) is 0 Å². The lowest BCUT2D eigenvalue weighted by Crippen LogP contribution is -2.65. The van der Waals surface area contributed by atoms with Gasteiger partial charge >= 0.3 is 6.03 Å². The van der Waals surface area contributed by atoms with E-state index >= 15 is 0 Å². The number of fused-ring (bicyclic) bond motifs is 2. The third-order valence-corrected chi connectivity index (χ3v) is 4.10. The van der Waals surface area contributed by atoms with Gasteiger partial charge in [0, 0.05) is 20.1 Å². The Morgan fingerprint density at radius 3 is 2.50 bits per heavy atom. The first-order valence-corrected chi connectivity index (χ1v) is 5.45. The Labute approximate surface area is 84.2 Å². The standard InChI is InChI=1S/C10H17N3O/c1-12-6-10(11-9(12)14)7-13-4-2-8(10)3-5-13/h8H,2-7H2,1H3,(H,11,14)/t10-/m1/s1. The number of nitrogens with one attached hydrogen (secondary N) is 1. The zero-order valence-electron chi connectivity index (χ0n) is 8.62. The minimum Gasteiger partial charge on any atom is -0.329 e. The molecule has 4 rings (SSSR count). The van der Waals surface area contributed by atoms with Crippen LogP contribution in [0, 0.1) is 5.92 Å². The molecule has 1 spiro atoms. The predicted molar refractivity (Wildman–Crippen MR) is 53.1 cm³/mol. The van der Waals surface area contributed by atoms with Gasteiger partial charge in [-0.2, -0.15) is 0 Å². The number of likely N-dealkylation sites (N-methyl/N-ethyl adjacent to an activating group) is 1. The Morgan fingerprint density at radius 2 is 2.07 bits per heavy atom. The average Bonchev–Trinajstić information content (AvgIpc) is 2.43. The Bertz CT molecular complexity index is 273. The molecule has 4 saturated heterocycles. The number of piperidine rings is 3. The Kier molecular flexibility index (Phi) is 1.60. The molecular formula is C10H17N3O. The maximum atomic E-state index is 11.5. The molecule has 2 amide bonds. The fraction of sp³-hybridized carbons (Fsp3) is 0.900. The summed E-state index contributed by atoms with van der Waals surface area (Å²) in [5.41, 5.74) is 0.0856. The Morgan fingerprint density at radius 1 is 1.36 bits per heavy atom. The second-order valence-electron chi connectivity index (χ2n) is 4.99. The van der Waals surface area contributed by atoms with Gasteiger partial charge in [0.05, 0.1) is 5.54 Å². The van der Waals surface area contributed by atoms with E-state index < -0.39 is 0 Å². The van der Waals surface area contributed by atoms with Crippen LogP contribution in [0.25, 0.3) is 0 Å². The van der Waals surface area contributed by atoms with Gasteiger partial charge in [0.1, 0.15) is 0 Å². The number of hydrogen-bond donors (Lipinski definition) is 1. The molecule has 4 heterocycles. The largest absolute Gasteiger partial charge is 0.329 e. The van der Waals surface area contributed by atoms with Crippen molar-refractivity contribution in [1.82, 2.24) is 15.1 Å². The van der Waals surface area contributed by atoms with E-state index in [0.29, 0.717) is 5.92 Å². The first-order chi connectivity index (χ1) is 6.70. The smallest absolute Gasteiger partial charge is 0.317 e. The number of amides is 2. The molecule has 0 saturated carbocycles. The third-order valence-electron chi connectivity index (χ3n) is 4.10. The van der Waals surface area contributed by atoms with Crippen LogP contribution >= 0.6 is 0 Å². The number of carbonyl (C=O) groups is 1. The van der Waals surface area contributed by atoms with Crippen molar-refractivity contribution >= 4 is 6.03 Å². The van der Waals surface area contributed by atoms with E-state index in [-0.39, 0.29) is 11.6 Å². The summed E-state index contributed by atoms with van der Waals surface area (Å²) in [7, 11) is 1.89. The summed E-state index contributed by atoms with van der Waals surface area (Å²) in [6, 6.07) is 0.110. The second kappa shape index (κ2) is 2.63. The predicted octanol–water partition coefficient (Wildman–Crippen LogP) is 0.106. The normalized spacial score (nSPS) is 46.1. The SMILES string of the molecule is CN1C[C@]2(CN3CCC2CC3)NC1=O. The van der Waals surface area contributed by atoms with Gasteiger partial charge < -0.3 is 15.1 Å². The van der Waals surface area contributed by atoms with Crippen molar-refractivity contribution in [3.63, 3.8) is 0 Å². The summed E-state index contributed by atoms with van der Waals surface area (Å²) in [5, 5.41) is 3.20. The van der Waals surface area contributed by atoms with Crippen LogP contribution in [0.15, 0.2) is 0 Å². The highest BCUT2D eigenvalue weighted by Gasteiger charge is 2.52. The van der Waals surface area contributed by atoms with E-state index in [1.165, 1.54) is 25.9 Å². The molecule has 2 bridgehead atoms. The number of urea groups is 1. The average molecular weight is 195 g/mol. The zero-order valence-corrected chi connectivity index (χ0v) is 8.62. The molecule has 0 radical (unpaired) electrons. The number of hydrogen-bond acceptors (Lipinski definition) is 2. The highest BCUT2D eigenvalue weighted by Crippen LogP contribution is 2.38. The molecule has 4 nitrogen and oxygen atoms in total. The topological polar surface area (TPSA) is 35.6 Å². The van der Waals surface area contributed by atoms with E-state index in [1.54, 1.807) is 0 Å². The van der Waals surface area contributed by atoms with Gasteiger partial charge in [-0.3, -0.25) is 0 Å². The quantitative estimate of drug-likeness (QED) is 0.595. The zero-order chi connectivity index (χ0) is 9.76. The van der Waals surface area contributed by atoms with E-state index in [2.05, 4.69) is 10.2 Å². The molecule has 14 heavy (non-hydrogen) atoms. The molecule has 4 aliphatic heterocycles. The maximum Gasteiger partial charge on any atom is 0.317 e. The third kappa shape index (κ3) is 1.00. The van der Waals surface area contributed by atoms with E-state index in [0.717, 1.165) is 13.1 Å². The van der Waals surface area contributed by atoms with Gasteiger partial charge in [0.25, 0.3) is 0 Å². The number of rotatable bonds is 0. The maximum absolute atomic E-state index is 11.5. The monoisotopic (exact) mass is 195 g/mol. The van der Waals surface area contributed by atoms with Gasteiger partial charge in [0.15, 0.2) is 0 Å². The van der Waals surface area contributed by atoms with Gasteiger partial charge in [0.2, 0.25) is 0 Å². The van der Waals surface area contributed by atoms with Crippen LogP contribution in [0.2, 0.25) is 0 Å². The second-order valence-corrected chi connectivity index (χ2v) is 4.99. The van der Waals surface area contributed by atoms with Crippen molar-refractivity contribution < 1.29 is 4.79 Å². The molecule has 4 fully saturated rings. The van der Waals surface area contributed by atoms with Crippen molar-refractivity contribution in [2.45, 2.75) is 18.4 Å². The summed E-state index contributed by atoms with van der Waals surface area (Å²) >= 11 is 0. The summed E-state index contributed by atoms with van der Waals surface area (Å²) in [6.45, 7) is 4.42. The molecular weight excluding hydrogens is 178 g/mol. The van der Waals surface area contributed by atoms with E-state index in [4.69, 9.17) is 0 Å². The van der Waals surface area contributed by atoms with Crippen molar-refractivity contribution in [3.8, 4) is 0 Å². The summed E-state index contributed by atoms with van der Waals surface area (Å²) in [4.78, 5) is 15.8. The lowest BCUT2D eigenvalue weighted by atomic mass is 9.73. The fourth-order valence-electron chi connectivity index (χ4n) is 3.34. The Balaban J connectivity index is 1.87. The van der Waals surface area contributed by atoms with Crippen LogP contribution in [0.3, 0.4) is 0 Å². The minimum atomic E-state index is 0.0856. The number of nitrogens with zero attached hydrogens (tertiary/aromatic N) is 2. The van der Waals surface area contributed by atoms with Crippen LogP contribution < -0.4 is 5.32 Å². The first kappa shape index (κ1) is 8.53. The van der Waals surface area contributed by atoms with Crippen molar-refractivity contribution in [1.29, 1.82) is 0 Å².